The quantitative estimate of drug-likeness (QED) is 0.268. The molecule has 1 heterocycles. The average molecular weight is 451 g/mol. The number of hydrogen-bond donors (Lipinski definition) is 2. The number of hydrogen-bond acceptors (Lipinski definition) is 3. The highest BCUT2D eigenvalue weighted by Gasteiger charge is 2.28. The number of hydroxylamine groups is 1. The molecule has 5 rings (SSSR count). The van der Waals surface area contributed by atoms with Gasteiger partial charge >= 0.3 is 0 Å². The van der Waals surface area contributed by atoms with E-state index in [1.54, 1.807) is 11.6 Å². The summed E-state index contributed by atoms with van der Waals surface area (Å²) in [5.74, 6) is -0.524. The van der Waals surface area contributed by atoms with Gasteiger partial charge in [-0.2, -0.15) is 0 Å². The van der Waals surface area contributed by atoms with E-state index in [0.29, 0.717) is 6.04 Å². The van der Waals surface area contributed by atoms with Gasteiger partial charge in [0.2, 0.25) is 0 Å². The monoisotopic (exact) mass is 450 g/mol. The zero-order valence-electron chi connectivity index (χ0n) is 19.3. The van der Waals surface area contributed by atoms with Crippen LogP contribution in [0, 0.1) is 0 Å². The number of nitrogens with one attached hydrogen (secondary N) is 1. The Kier molecular flexibility index (Phi) is 6.70. The first-order valence-corrected chi connectivity index (χ1v) is 12.0. The van der Waals surface area contributed by atoms with E-state index in [1.807, 2.05) is 12.1 Å². The smallest absolute Gasteiger partial charge is 0.267 e. The van der Waals surface area contributed by atoms with E-state index in [9.17, 15) is 4.79 Å². The third-order valence-corrected chi connectivity index (χ3v) is 7.07. The second kappa shape index (κ2) is 10.2. The Hall–Kier alpha value is -3.47. The number of benzene rings is 3. The van der Waals surface area contributed by atoms with Gasteiger partial charge < -0.3 is 0 Å². The summed E-state index contributed by atoms with van der Waals surface area (Å²) in [6, 6.07) is 28.5. The zero-order valence-corrected chi connectivity index (χ0v) is 19.3. The number of amides is 1. The molecule has 0 saturated carbocycles. The number of fused-ring (bicyclic) bond motifs is 1. The fraction of sp³-hybridized carbons (Fsp3) is 0.233. The van der Waals surface area contributed by atoms with E-state index in [-0.39, 0.29) is 0 Å². The number of carbonyl (C=O) groups is 1. The standard InChI is InChI=1S/C30H30N2O2/c33-30(31-34)17-14-22-12-15-24(16-13-22)29-11-6-19-32(29)20-18-27-26-10-5-4-9-25(26)21-28(27)23-7-2-1-3-8-23/h1-5,7-10,12-17,29,34H,6,11,18-21H2,(H,31,33)/b17-14+. The largest absolute Gasteiger partial charge is 0.296 e. The van der Waals surface area contributed by atoms with Crippen molar-refractivity contribution in [1.29, 1.82) is 0 Å². The third kappa shape index (κ3) is 4.74. The van der Waals surface area contributed by atoms with Crippen LogP contribution in [0.1, 0.15) is 53.1 Å². The van der Waals surface area contributed by atoms with Crippen molar-refractivity contribution in [1.82, 2.24) is 10.4 Å². The van der Waals surface area contributed by atoms with Crippen LogP contribution in [0.3, 0.4) is 0 Å². The van der Waals surface area contributed by atoms with E-state index >= 15 is 0 Å². The molecule has 4 heteroatoms. The van der Waals surface area contributed by atoms with Crippen molar-refractivity contribution >= 4 is 23.1 Å². The summed E-state index contributed by atoms with van der Waals surface area (Å²) < 4.78 is 0. The molecule has 3 aromatic rings. The molecule has 1 saturated heterocycles. The molecule has 1 aliphatic heterocycles. The second-order valence-corrected chi connectivity index (χ2v) is 9.08. The highest BCUT2D eigenvalue weighted by Crippen LogP contribution is 2.41. The van der Waals surface area contributed by atoms with Crippen LogP contribution in [0.4, 0.5) is 0 Å². The average Bonchev–Trinajstić information content (AvgIpc) is 3.51. The number of carbonyl (C=O) groups excluding carboxylic acids is 1. The van der Waals surface area contributed by atoms with Crippen LogP contribution >= 0.6 is 0 Å². The molecule has 2 aliphatic rings. The highest BCUT2D eigenvalue weighted by molar-refractivity contribution is 5.97. The molecule has 172 valence electrons. The first-order valence-electron chi connectivity index (χ1n) is 12.0. The maximum Gasteiger partial charge on any atom is 0.267 e. The van der Waals surface area contributed by atoms with Gasteiger partial charge in [0.1, 0.15) is 0 Å². The SMILES string of the molecule is O=C(/C=C/c1ccc(C2CCCN2CCC2=C(c3ccccc3)Cc3ccccc32)cc1)NO. The van der Waals surface area contributed by atoms with Gasteiger partial charge in [-0.05, 0) is 77.3 Å². The van der Waals surface area contributed by atoms with Crippen molar-refractivity contribution in [2.45, 2.75) is 31.7 Å². The van der Waals surface area contributed by atoms with Crippen molar-refractivity contribution in [2.75, 3.05) is 13.1 Å². The Balaban J connectivity index is 1.33. The Morgan fingerprint density at radius 1 is 1.00 bits per heavy atom. The molecule has 1 amide bonds. The minimum absolute atomic E-state index is 0.427. The Bertz CT molecular complexity index is 1210. The van der Waals surface area contributed by atoms with Gasteiger partial charge in [-0.15, -0.1) is 0 Å². The summed E-state index contributed by atoms with van der Waals surface area (Å²) in [5.41, 5.74) is 11.0. The van der Waals surface area contributed by atoms with Crippen molar-refractivity contribution in [2.24, 2.45) is 0 Å². The summed E-state index contributed by atoms with van der Waals surface area (Å²) in [6.45, 7) is 2.17. The minimum Gasteiger partial charge on any atom is -0.296 e. The first-order chi connectivity index (χ1) is 16.7. The molecule has 0 spiro atoms. The third-order valence-electron chi connectivity index (χ3n) is 7.07. The van der Waals surface area contributed by atoms with Crippen LogP contribution in [0.25, 0.3) is 17.2 Å². The first kappa shape index (κ1) is 22.3. The van der Waals surface area contributed by atoms with E-state index in [2.05, 4.69) is 71.6 Å². The van der Waals surface area contributed by atoms with Gasteiger partial charge in [-0.1, -0.05) is 78.9 Å². The Morgan fingerprint density at radius 2 is 1.76 bits per heavy atom. The highest BCUT2D eigenvalue weighted by atomic mass is 16.5. The molecule has 4 nitrogen and oxygen atoms in total. The van der Waals surface area contributed by atoms with Gasteiger partial charge in [0.05, 0.1) is 0 Å². The van der Waals surface area contributed by atoms with Gasteiger partial charge in [-0.25, -0.2) is 5.48 Å². The summed E-state index contributed by atoms with van der Waals surface area (Å²) in [6.07, 6.45) is 7.48. The second-order valence-electron chi connectivity index (χ2n) is 9.08. The lowest BCUT2D eigenvalue weighted by molar-refractivity contribution is -0.124. The molecule has 34 heavy (non-hydrogen) atoms. The van der Waals surface area contributed by atoms with E-state index < -0.39 is 5.91 Å². The zero-order chi connectivity index (χ0) is 23.3. The number of allylic oxidation sites excluding steroid dienone is 1. The molecule has 0 bridgehead atoms. The van der Waals surface area contributed by atoms with Crippen LogP contribution in [0.15, 0.2) is 84.9 Å². The van der Waals surface area contributed by atoms with Crippen molar-refractivity contribution in [3.8, 4) is 0 Å². The van der Waals surface area contributed by atoms with Crippen molar-refractivity contribution in [3.63, 3.8) is 0 Å². The van der Waals surface area contributed by atoms with Crippen LogP contribution in [0.2, 0.25) is 0 Å². The summed E-state index contributed by atoms with van der Waals surface area (Å²) in [5, 5.41) is 8.63. The van der Waals surface area contributed by atoms with Gasteiger partial charge in [0.15, 0.2) is 0 Å². The van der Waals surface area contributed by atoms with Crippen LogP contribution < -0.4 is 5.48 Å². The lowest BCUT2D eigenvalue weighted by atomic mass is 9.97. The number of likely N-dealkylation sites (tertiary alicyclic amines) is 1. The summed E-state index contributed by atoms with van der Waals surface area (Å²) in [4.78, 5) is 13.8. The predicted octanol–water partition coefficient (Wildman–Crippen LogP) is 5.90. The van der Waals surface area contributed by atoms with Gasteiger partial charge in [0, 0.05) is 18.7 Å². The van der Waals surface area contributed by atoms with E-state index in [0.717, 1.165) is 31.5 Å². The molecule has 1 aliphatic carbocycles. The number of nitrogens with zero attached hydrogens (tertiary/aromatic N) is 1. The maximum atomic E-state index is 11.2. The maximum absolute atomic E-state index is 11.2. The number of rotatable bonds is 7. The van der Waals surface area contributed by atoms with Crippen LogP contribution in [-0.2, 0) is 11.2 Å². The van der Waals surface area contributed by atoms with Gasteiger partial charge in [-0.3, -0.25) is 14.9 Å². The molecule has 0 aromatic heterocycles. The van der Waals surface area contributed by atoms with Crippen molar-refractivity contribution < 1.29 is 10.0 Å². The molecular weight excluding hydrogens is 420 g/mol. The molecule has 1 unspecified atom stereocenters. The lowest BCUT2D eigenvalue weighted by Gasteiger charge is -2.25. The lowest BCUT2D eigenvalue weighted by Crippen LogP contribution is -2.24. The molecule has 3 aromatic carbocycles. The molecule has 1 atom stereocenters. The molecule has 1 fully saturated rings. The van der Waals surface area contributed by atoms with E-state index in [1.165, 1.54) is 52.3 Å². The molecule has 0 radical (unpaired) electrons. The van der Waals surface area contributed by atoms with Gasteiger partial charge in [0.25, 0.3) is 5.91 Å². The Labute approximate surface area is 201 Å². The van der Waals surface area contributed by atoms with E-state index in [4.69, 9.17) is 5.21 Å². The topological polar surface area (TPSA) is 52.6 Å². The molecular formula is C30H30N2O2. The summed E-state index contributed by atoms with van der Waals surface area (Å²) in [7, 11) is 0. The fourth-order valence-electron chi connectivity index (χ4n) is 5.39. The van der Waals surface area contributed by atoms with Crippen LogP contribution in [-0.4, -0.2) is 29.1 Å². The minimum atomic E-state index is -0.524. The normalized spacial score (nSPS) is 18.0. The fourth-order valence-corrected chi connectivity index (χ4v) is 5.39. The van der Waals surface area contributed by atoms with Crippen molar-refractivity contribution in [3.05, 3.63) is 113 Å². The summed E-state index contributed by atoms with van der Waals surface area (Å²) >= 11 is 0. The van der Waals surface area contributed by atoms with Crippen LogP contribution in [0.5, 0.6) is 0 Å². The predicted molar refractivity (Wildman–Crippen MR) is 137 cm³/mol. The Morgan fingerprint density at radius 3 is 2.56 bits per heavy atom. The molecule has 2 N–H and O–H groups in total.